The number of benzene rings is 1. The van der Waals surface area contributed by atoms with E-state index in [4.69, 9.17) is 14.9 Å². The summed E-state index contributed by atoms with van der Waals surface area (Å²) in [5.41, 5.74) is 5.63. The Balaban J connectivity index is 1.72. The molecule has 0 unspecified atom stereocenters. The van der Waals surface area contributed by atoms with Crippen LogP contribution in [0.1, 0.15) is 29.1 Å². The minimum absolute atomic E-state index is 0.0907. The Hall–Kier alpha value is -2.90. The first-order valence-electron chi connectivity index (χ1n) is 8.34. The van der Waals surface area contributed by atoms with Gasteiger partial charge in [0.25, 0.3) is 5.91 Å². The Morgan fingerprint density at radius 3 is 2.73 bits per heavy atom. The van der Waals surface area contributed by atoms with Crippen molar-refractivity contribution in [3.63, 3.8) is 0 Å². The third-order valence-corrected chi connectivity index (χ3v) is 4.46. The molecule has 138 valence electrons. The number of oxazole rings is 1. The number of ether oxygens (including phenoxy) is 1. The summed E-state index contributed by atoms with van der Waals surface area (Å²) in [7, 11) is 0. The first-order chi connectivity index (χ1) is 12.4. The average Bonchev–Trinajstić information content (AvgIpc) is 3.03. The number of nitrogens with two attached hydrogens (primary N) is 1. The molecule has 8 heteroatoms. The molecule has 1 fully saturated rings. The second-order valence-electron chi connectivity index (χ2n) is 6.34. The van der Waals surface area contributed by atoms with Gasteiger partial charge in [-0.25, -0.2) is 9.37 Å². The molecule has 7 nitrogen and oxygen atoms in total. The van der Waals surface area contributed by atoms with Crippen LogP contribution in [0.25, 0.3) is 0 Å². The summed E-state index contributed by atoms with van der Waals surface area (Å²) in [6, 6.07) is 5.69. The number of aryl methyl sites for hydroxylation is 1. The van der Waals surface area contributed by atoms with Crippen molar-refractivity contribution in [2.45, 2.75) is 25.9 Å². The zero-order chi connectivity index (χ0) is 18.7. The number of primary amides is 1. The highest BCUT2D eigenvalue weighted by atomic mass is 19.1. The van der Waals surface area contributed by atoms with Gasteiger partial charge in [-0.2, -0.15) is 0 Å². The third kappa shape index (κ3) is 4.01. The molecule has 1 aliphatic rings. The van der Waals surface area contributed by atoms with Gasteiger partial charge >= 0.3 is 0 Å². The molecule has 2 amide bonds. The number of carbonyl (C=O) groups is 2. The molecule has 0 aliphatic carbocycles. The highest BCUT2D eigenvalue weighted by molar-refractivity contribution is 5.93. The van der Waals surface area contributed by atoms with E-state index in [-0.39, 0.29) is 35.9 Å². The molecule has 0 spiro atoms. The van der Waals surface area contributed by atoms with Crippen molar-refractivity contribution in [2.24, 2.45) is 11.7 Å². The summed E-state index contributed by atoms with van der Waals surface area (Å²) in [6.45, 7) is 2.44. The zero-order valence-corrected chi connectivity index (χ0v) is 14.4. The van der Waals surface area contributed by atoms with E-state index in [1.54, 1.807) is 11.8 Å². The Bertz CT molecular complexity index is 790. The predicted octanol–water partition coefficient (Wildman–Crippen LogP) is 1.91. The fourth-order valence-electron chi connectivity index (χ4n) is 3.15. The van der Waals surface area contributed by atoms with Gasteiger partial charge in [-0.3, -0.25) is 9.59 Å². The number of piperidine rings is 1. The van der Waals surface area contributed by atoms with Gasteiger partial charge in [0.1, 0.15) is 23.4 Å². The van der Waals surface area contributed by atoms with Crippen LogP contribution in [0.4, 0.5) is 4.39 Å². The summed E-state index contributed by atoms with van der Waals surface area (Å²) in [6.07, 6.45) is 1.55. The molecule has 2 aromatic rings. The fourth-order valence-corrected chi connectivity index (χ4v) is 3.15. The van der Waals surface area contributed by atoms with E-state index >= 15 is 0 Å². The molecule has 2 N–H and O–H groups in total. The van der Waals surface area contributed by atoms with Crippen LogP contribution < -0.4 is 10.5 Å². The van der Waals surface area contributed by atoms with Crippen molar-refractivity contribution in [1.29, 1.82) is 0 Å². The Morgan fingerprint density at radius 2 is 2.12 bits per heavy atom. The molecule has 3 rings (SSSR count). The number of halogens is 1. The number of hydrogen-bond donors (Lipinski definition) is 1. The summed E-state index contributed by atoms with van der Waals surface area (Å²) in [4.78, 5) is 29.7. The topological polar surface area (TPSA) is 98.7 Å². The molecule has 2 heterocycles. The van der Waals surface area contributed by atoms with E-state index in [0.717, 1.165) is 0 Å². The first kappa shape index (κ1) is 17.9. The van der Waals surface area contributed by atoms with Gasteiger partial charge in [-0.05, 0) is 31.2 Å². The SMILES string of the molecule is Cc1ocnc1C(=O)N1CC[C@H](Oc2ccc(F)cc2)[C@@H](CC(N)=O)C1. The maximum Gasteiger partial charge on any atom is 0.276 e. The van der Waals surface area contributed by atoms with Crippen molar-refractivity contribution < 1.29 is 23.1 Å². The van der Waals surface area contributed by atoms with E-state index in [9.17, 15) is 14.0 Å². The zero-order valence-electron chi connectivity index (χ0n) is 14.4. The minimum atomic E-state index is -0.463. The van der Waals surface area contributed by atoms with Crippen LogP contribution in [0.5, 0.6) is 5.75 Å². The fraction of sp³-hybridized carbons (Fsp3) is 0.389. The lowest BCUT2D eigenvalue weighted by Crippen LogP contribution is -2.49. The standard InChI is InChI=1S/C18H20FN3O4/c1-11-17(21-10-25-11)18(24)22-7-6-15(12(9-22)8-16(20)23)26-14-4-2-13(19)3-5-14/h2-5,10,12,15H,6-9H2,1H3,(H2,20,23)/t12-,15-/m0/s1. The average molecular weight is 361 g/mol. The molecule has 26 heavy (non-hydrogen) atoms. The number of likely N-dealkylation sites (tertiary alicyclic amines) is 1. The van der Waals surface area contributed by atoms with Crippen molar-refractivity contribution in [3.8, 4) is 5.75 Å². The highest BCUT2D eigenvalue weighted by Gasteiger charge is 2.35. The van der Waals surface area contributed by atoms with Gasteiger partial charge in [0.05, 0.1) is 0 Å². The van der Waals surface area contributed by atoms with Crippen LogP contribution in [-0.2, 0) is 4.79 Å². The highest BCUT2D eigenvalue weighted by Crippen LogP contribution is 2.27. The molecular formula is C18H20FN3O4. The van der Waals surface area contributed by atoms with Gasteiger partial charge < -0.3 is 19.8 Å². The maximum atomic E-state index is 13.0. The van der Waals surface area contributed by atoms with Crippen LogP contribution >= 0.6 is 0 Å². The summed E-state index contributed by atoms with van der Waals surface area (Å²) in [5, 5.41) is 0. The second kappa shape index (κ2) is 7.55. The van der Waals surface area contributed by atoms with E-state index in [1.807, 2.05) is 0 Å². The largest absolute Gasteiger partial charge is 0.490 e. The summed E-state index contributed by atoms with van der Waals surface area (Å²) >= 11 is 0. The van der Waals surface area contributed by atoms with Gasteiger partial charge in [0, 0.05) is 31.8 Å². The lowest BCUT2D eigenvalue weighted by Gasteiger charge is -2.38. The van der Waals surface area contributed by atoms with Crippen molar-refractivity contribution >= 4 is 11.8 Å². The number of rotatable bonds is 5. The first-order valence-corrected chi connectivity index (χ1v) is 8.34. The van der Waals surface area contributed by atoms with Gasteiger partial charge in [0.2, 0.25) is 5.91 Å². The van der Waals surface area contributed by atoms with Crippen molar-refractivity contribution in [3.05, 3.63) is 47.9 Å². The summed E-state index contributed by atoms with van der Waals surface area (Å²) < 4.78 is 24.1. The van der Waals surface area contributed by atoms with Crippen LogP contribution in [-0.4, -0.2) is 40.9 Å². The monoisotopic (exact) mass is 361 g/mol. The minimum Gasteiger partial charge on any atom is -0.490 e. The van der Waals surface area contributed by atoms with Gasteiger partial charge in [-0.1, -0.05) is 0 Å². The second-order valence-corrected chi connectivity index (χ2v) is 6.34. The number of aromatic nitrogens is 1. The van der Waals surface area contributed by atoms with E-state index < -0.39 is 5.91 Å². The predicted molar refractivity (Wildman–Crippen MR) is 89.9 cm³/mol. The number of amides is 2. The Labute approximate surface area is 149 Å². The van der Waals surface area contributed by atoms with E-state index in [2.05, 4.69) is 4.98 Å². The van der Waals surface area contributed by atoms with Crippen molar-refractivity contribution in [2.75, 3.05) is 13.1 Å². The van der Waals surface area contributed by atoms with Gasteiger partial charge in [0.15, 0.2) is 12.1 Å². The summed E-state index contributed by atoms with van der Waals surface area (Å²) in [5.74, 6) is -0.360. The van der Waals surface area contributed by atoms with Crippen LogP contribution in [0.2, 0.25) is 0 Å². The quantitative estimate of drug-likeness (QED) is 0.877. The molecule has 1 aromatic carbocycles. The molecule has 1 aliphatic heterocycles. The number of nitrogens with zero attached hydrogens (tertiary/aromatic N) is 2. The normalized spacial score (nSPS) is 20.0. The molecule has 0 saturated carbocycles. The maximum absolute atomic E-state index is 13.0. The van der Waals surface area contributed by atoms with Crippen LogP contribution in [0.3, 0.4) is 0 Å². The molecule has 0 radical (unpaired) electrons. The van der Waals surface area contributed by atoms with E-state index in [0.29, 0.717) is 31.0 Å². The Morgan fingerprint density at radius 1 is 1.38 bits per heavy atom. The van der Waals surface area contributed by atoms with Crippen LogP contribution in [0, 0.1) is 18.7 Å². The number of hydrogen-bond acceptors (Lipinski definition) is 5. The molecule has 1 aromatic heterocycles. The lowest BCUT2D eigenvalue weighted by atomic mass is 9.91. The smallest absolute Gasteiger partial charge is 0.276 e. The number of carbonyl (C=O) groups excluding carboxylic acids is 2. The van der Waals surface area contributed by atoms with E-state index in [1.165, 1.54) is 30.7 Å². The molecular weight excluding hydrogens is 341 g/mol. The Kier molecular flexibility index (Phi) is 5.20. The molecule has 2 atom stereocenters. The van der Waals surface area contributed by atoms with Crippen molar-refractivity contribution in [1.82, 2.24) is 9.88 Å². The lowest BCUT2D eigenvalue weighted by molar-refractivity contribution is -0.120. The molecule has 1 saturated heterocycles. The third-order valence-electron chi connectivity index (χ3n) is 4.46. The molecule has 0 bridgehead atoms. The van der Waals surface area contributed by atoms with Crippen LogP contribution in [0.15, 0.2) is 35.1 Å². The van der Waals surface area contributed by atoms with Gasteiger partial charge in [-0.15, -0.1) is 0 Å².